The first kappa shape index (κ1) is 19.8. The number of ether oxygens (including phenoxy) is 2. The van der Waals surface area contributed by atoms with Crippen molar-refractivity contribution in [1.82, 2.24) is 10.3 Å². The summed E-state index contributed by atoms with van der Waals surface area (Å²) < 4.78 is 23.6. The van der Waals surface area contributed by atoms with E-state index in [0.29, 0.717) is 35.2 Å². The molecule has 0 unspecified atom stereocenters. The first-order valence-electron chi connectivity index (χ1n) is 9.28. The molecule has 9 heteroatoms. The van der Waals surface area contributed by atoms with Crippen molar-refractivity contribution in [2.75, 3.05) is 18.7 Å². The van der Waals surface area contributed by atoms with Crippen molar-refractivity contribution in [1.29, 1.82) is 0 Å². The molecule has 3 aromatic rings. The third kappa shape index (κ3) is 4.74. The van der Waals surface area contributed by atoms with Crippen LogP contribution in [0, 0.1) is 5.82 Å². The van der Waals surface area contributed by atoms with Gasteiger partial charge in [0.1, 0.15) is 5.82 Å². The zero-order chi connectivity index (χ0) is 20.9. The van der Waals surface area contributed by atoms with Gasteiger partial charge in [-0.25, -0.2) is 9.37 Å². The van der Waals surface area contributed by atoms with Crippen LogP contribution in [0.4, 0.5) is 9.52 Å². The summed E-state index contributed by atoms with van der Waals surface area (Å²) in [6.45, 7) is 0.547. The monoisotopic (exact) mass is 427 g/mol. The molecule has 0 radical (unpaired) electrons. The minimum absolute atomic E-state index is 0.183. The number of fused-ring (bicyclic) bond motifs is 1. The highest BCUT2D eigenvalue weighted by Crippen LogP contribution is 2.36. The van der Waals surface area contributed by atoms with Gasteiger partial charge in [0, 0.05) is 29.5 Å². The quantitative estimate of drug-likeness (QED) is 0.560. The standard InChI is InChI=1S/C21H18FN3O4S/c22-15-6-3-13(4-7-15)20(27)23-9-1-2-19(26)25-21-24-16(11-30-21)14-5-8-17-18(10-14)29-12-28-17/h3-8,10-11H,1-2,9,12H2,(H,23,27)(H,24,25,26). The van der Waals surface area contributed by atoms with Crippen LogP contribution in [-0.4, -0.2) is 30.1 Å². The van der Waals surface area contributed by atoms with Crippen molar-refractivity contribution < 1.29 is 23.5 Å². The van der Waals surface area contributed by atoms with Gasteiger partial charge >= 0.3 is 0 Å². The fourth-order valence-corrected chi connectivity index (χ4v) is 3.59. The van der Waals surface area contributed by atoms with E-state index < -0.39 is 5.82 Å². The zero-order valence-corrected chi connectivity index (χ0v) is 16.6. The summed E-state index contributed by atoms with van der Waals surface area (Å²) in [6, 6.07) is 10.9. The molecular formula is C21H18FN3O4S. The molecule has 0 aliphatic carbocycles. The number of hydrogen-bond acceptors (Lipinski definition) is 6. The minimum atomic E-state index is -0.396. The lowest BCUT2D eigenvalue weighted by atomic mass is 10.1. The van der Waals surface area contributed by atoms with Crippen LogP contribution in [0.3, 0.4) is 0 Å². The van der Waals surface area contributed by atoms with Crippen molar-refractivity contribution in [3.63, 3.8) is 0 Å². The molecule has 2 aromatic carbocycles. The Morgan fingerprint density at radius 3 is 2.73 bits per heavy atom. The number of nitrogens with one attached hydrogen (secondary N) is 2. The van der Waals surface area contributed by atoms with Crippen LogP contribution in [0.2, 0.25) is 0 Å². The molecule has 1 aliphatic rings. The molecule has 0 spiro atoms. The van der Waals surface area contributed by atoms with Gasteiger partial charge in [0.2, 0.25) is 12.7 Å². The van der Waals surface area contributed by atoms with Crippen molar-refractivity contribution in [3.05, 3.63) is 59.2 Å². The molecule has 2 heterocycles. The Bertz CT molecular complexity index is 1070. The molecule has 0 atom stereocenters. The molecule has 0 saturated carbocycles. The second-order valence-electron chi connectivity index (χ2n) is 6.52. The molecule has 4 rings (SSSR count). The number of carbonyl (C=O) groups excluding carboxylic acids is 2. The number of amides is 2. The summed E-state index contributed by atoms with van der Waals surface area (Å²) in [6.07, 6.45) is 0.710. The molecule has 0 fully saturated rings. The van der Waals surface area contributed by atoms with Crippen molar-refractivity contribution in [2.45, 2.75) is 12.8 Å². The molecule has 2 amide bonds. The maximum absolute atomic E-state index is 12.9. The fourth-order valence-electron chi connectivity index (χ4n) is 2.86. The maximum Gasteiger partial charge on any atom is 0.251 e. The molecule has 2 N–H and O–H groups in total. The predicted molar refractivity (Wildman–Crippen MR) is 110 cm³/mol. The SMILES string of the molecule is O=C(CCCNC(=O)c1ccc(F)cc1)Nc1nc(-c2ccc3c(c2)OCO3)cs1. The lowest BCUT2D eigenvalue weighted by Crippen LogP contribution is -2.25. The maximum atomic E-state index is 12.9. The Morgan fingerprint density at radius 2 is 1.90 bits per heavy atom. The summed E-state index contributed by atoms with van der Waals surface area (Å²) in [5.41, 5.74) is 1.99. The molecule has 7 nitrogen and oxygen atoms in total. The number of aromatic nitrogens is 1. The Hall–Kier alpha value is -3.46. The Labute approximate surface area is 175 Å². The second kappa shape index (κ2) is 8.91. The molecule has 1 aliphatic heterocycles. The normalized spacial score (nSPS) is 11.9. The average Bonchev–Trinajstić information content (AvgIpc) is 3.40. The summed E-state index contributed by atoms with van der Waals surface area (Å²) in [5.74, 6) is 0.496. The van der Waals surface area contributed by atoms with Gasteiger partial charge in [0.15, 0.2) is 16.6 Å². The number of nitrogens with zero attached hydrogens (tertiary/aromatic N) is 1. The minimum Gasteiger partial charge on any atom is -0.454 e. The molecule has 154 valence electrons. The van der Waals surface area contributed by atoms with Gasteiger partial charge in [0.05, 0.1) is 5.69 Å². The van der Waals surface area contributed by atoms with E-state index >= 15 is 0 Å². The van der Waals surface area contributed by atoms with E-state index in [0.717, 1.165) is 11.3 Å². The van der Waals surface area contributed by atoms with E-state index in [1.807, 2.05) is 23.6 Å². The van der Waals surface area contributed by atoms with Crippen molar-refractivity contribution in [3.8, 4) is 22.8 Å². The van der Waals surface area contributed by atoms with E-state index in [9.17, 15) is 14.0 Å². The van der Waals surface area contributed by atoms with Gasteiger partial charge in [-0.05, 0) is 48.9 Å². The van der Waals surface area contributed by atoms with E-state index in [-0.39, 0.29) is 25.0 Å². The highest BCUT2D eigenvalue weighted by molar-refractivity contribution is 7.14. The van der Waals surface area contributed by atoms with Crippen LogP contribution >= 0.6 is 11.3 Å². The van der Waals surface area contributed by atoms with E-state index in [1.54, 1.807) is 0 Å². The summed E-state index contributed by atoms with van der Waals surface area (Å²) in [5, 5.41) is 7.84. The number of rotatable bonds is 7. The summed E-state index contributed by atoms with van der Waals surface area (Å²) in [7, 11) is 0. The van der Waals surface area contributed by atoms with Crippen LogP contribution in [0.1, 0.15) is 23.2 Å². The third-order valence-corrected chi connectivity index (χ3v) is 5.15. The predicted octanol–water partition coefficient (Wildman–Crippen LogP) is 3.83. The third-order valence-electron chi connectivity index (χ3n) is 4.39. The van der Waals surface area contributed by atoms with Crippen LogP contribution in [-0.2, 0) is 4.79 Å². The van der Waals surface area contributed by atoms with E-state index in [4.69, 9.17) is 9.47 Å². The van der Waals surface area contributed by atoms with Gasteiger partial charge in [0.25, 0.3) is 5.91 Å². The van der Waals surface area contributed by atoms with Crippen LogP contribution in [0.25, 0.3) is 11.3 Å². The lowest BCUT2D eigenvalue weighted by Gasteiger charge is -2.05. The molecule has 1 aromatic heterocycles. The van der Waals surface area contributed by atoms with Gasteiger partial charge in [-0.3, -0.25) is 9.59 Å². The number of anilines is 1. The van der Waals surface area contributed by atoms with Crippen LogP contribution in [0.5, 0.6) is 11.5 Å². The van der Waals surface area contributed by atoms with Gasteiger partial charge in [-0.1, -0.05) is 0 Å². The molecule has 30 heavy (non-hydrogen) atoms. The highest BCUT2D eigenvalue weighted by Gasteiger charge is 2.15. The second-order valence-corrected chi connectivity index (χ2v) is 7.38. The summed E-state index contributed by atoms with van der Waals surface area (Å²) >= 11 is 1.33. The number of carbonyl (C=O) groups is 2. The van der Waals surface area contributed by atoms with E-state index in [1.165, 1.54) is 35.6 Å². The fraction of sp³-hybridized carbons (Fsp3) is 0.190. The van der Waals surface area contributed by atoms with E-state index in [2.05, 4.69) is 15.6 Å². The van der Waals surface area contributed by atoms with Crippen LogP contribution in [0.15, 0.2) is 47.8 Å². The number of benzene rings is 2. The number of hydrogen-bond donors (Lipinski definition) is 2. The van der Waals surface area contributed by atoms with Crippen molar-refractivity contribution >= 4 is 28.3 Å². The Morgan fingerprint density at radius 1 is 1.10 bits per heavy atom. The Balaban J connectivity index is 1.23. The molecule has 0 saturated heterocycles. The molecule has 0 bridgehead atoms. The number of halogens is 1. The van der Waals surface area contributed by atoms with Crippen molar-refractivity contribution in [2.24, 2.45) is 0 Å². The smallest absolute Gasteiger partial charge is 0.251 e. The first-order chi connectivity index (χ1) is 14.6. The molecular weight excluding hydrogens is 409 g/mol. The largest absolute Gasteiger partial charge is 0.454 e. The number of thiazole rings is 1. The van der Waals surface area contributed by atoms with Crippen LogP contribution < -0.4 is 20.1 Å². The topological polar surface area (TPSA) is 89.6 Å². The Kier molecular flexibility index (Phi) is 5.89. The highest BCUT2D eigenvalue weighted by atomic mass is 32.1. The average molecular weight is 427 g/mol. The summed E-state index contributed by atoms with van der Waals surface area (Å²) in [4.78, 5) is 28.5. The van der Waals surface area contributed by atoms with Gasteiger partial charge < -0.3 is 20.1 Å². The lowest BCUT2D eigenvalue weighted by molar-refractivity contribution is -0.116. The van der Waals surface area contributed by atoms with Gasteiger partial charge in [-0.2, -0.15) is 0 Å². The zero-order valence-electron chi connectivity index (χ0n) is 15.8. The first-order valence-corrected chi connectivity index (χ1v) is 10.2. The van der Waals surface area contributed by atoms with Gasteiger partial charge in [-0.15, -0.1) is 11.3 Å².